The van der Waals surface area contributed by atoms with E-state index in [4.69, 9.17) is 9.94 Å². The van der Waals surface area contributed by atoms with Gasteiger partial charge in [-0.2, -0.15) is 4.80 Å². The van der Waals surface area contributed by atoms with Crippen LogP contribution in [0.5, 0.6) is 0 Å². The van der Waals surface area contributed by atoms with Crippen LogP contribution in [0, 0.1) is 0 Å². The molecule has 2 aromatic heterocycles. The number of oxime groups is 1. The van der Waals surface area contributed by atoms with Gasteiger partial charge >= 0.3 is 5.97 Å². The van der Waals surface area contributed by atoms with Crippen molar-refractivity contribution in [3.05, 3.63) is 28.2 Å². The molecular formula is C10H11N5O3S. The SMILES string of the molecule is CCOC(=O)/C(=N\O)c1ccc(Cn2ncnn2)s1. The van der Waals surface area contributed by atoms with Gasteiger partial charge in [-0.1, -0.05) is 5.16 Å². The van der Waals surface area contributed by atoms with Crippen molar-refractivity contribution >= 4 is 23.0 Å². The summed E-state index contributed by atoms with van der Waals surface area (Å²) in [6, 6.07) is 3.48. The normalized spacial score (nSPS) is 11.5. The second-order valence-electron chi connectivity index (χ2n) is 3.40. The Morgan fingerprint density at radius 1 is 1.58 bits per heavy atom. The van der Waals surface area contributed by atoms with Crippen LogP contribution in [0.1, 0.15) is 16.7 Å². The zero-order valence-corrected chi connectivity index (χ0v) is 10.9. The van der Waals surface area contributed by atoms with E-state index in [1.54, 1.807) is 19.1 Å². The lowest BCUT2D eigenvalue weighted by atomic mass is 10.3. The van der Waals surface area contributed by atoms with E-state index in [9.17, 15) is 4.79 Å². The number of hydrogen-bond acceptors (Lipinski definition) is 8. The van der Waals surface area contributed by atoms with Crippen LogP contribution in [0.3, 0.4) is 0 Å². The van der Waals surface area contributed by atoms with Crippen LogP contribution in [-0.2, 0) is 16.1 Å². The maximum atomic E-state index is 11.6. The first-order chi connectivity index (χ1) is 9.24. The zero-order valence-electron chi connectivity index (χ0n) is 10.1. The third kappa shape index (κ3) is 3.13. The Morgan fingerprint density at radius 3 is 3.05 bits per heavy atom. The number of carbonyl (C=O) groups excluding carboxylic acids is 1. The van der Waals surface area contributed by atoms with Gasteiger partial charge in [0.15, 0.2) is 6.33 Å². The van der Waals surface area contributed by atoms with Crippen LogP contribution < -0.4 is 0 Å². The van der Waals surface area contributed by atoms with Gasteiger partial charge in [-0.15, -0.1) is 21.5 Å². The van der Waals surface area contributed by atoms with Gasteiger partial charge in [0.2, 0.25) is 5.71 Å². The number of hydrogen-bond donors (Lipinski definition) is 1. The predicted octanol–water partition coefficient (Wildman–Crippen LogP) is 0.524. The number of tetrazole rings is 1. The van der Waals surface area contributed by atoms with Crippen molar-refractivity contribution in [2.45, 2.75) is 13.5 Å². The van der Waals surface area contributed by atoms with E-state index in [1.807, 2.05) is 0 Å². The highest BCUT2D eigenvalue weighted by molar-refractivity contribution is 7.14. The molecule has 0 unspecified atom stereocenters. The van der Waals surface area contributed by atoms with Crippen LogP contribution >= 0.6 is 11.3 Å². The highest BCUT2D eigenvalue weighted by Crippen LogP contribution is 2.18. The Morgan fingerprint density at radius 2 is 2.42 bits per heavy atom. The lowest BCUT2D eigenvalue weighted by Crippen LogP contribution is -2.17. The molecule has 1 N–H and O–H groups in total. The van der Waals surface area contributed by atoms with Crippen molar-refractivity contribution in [2.75, 3.05) is 6.61 Å². The topological polar surface area (TPSA) is 102 Å². The first-order valence-corrected chi connectivity index (χ1v) is 6.25. The van der Waals surface area contributed by atoms with Crippen LogP contribution in [0.25, 0.3) is 0 Å². The Kier molecular flexibility index (Phi) is 4.18. The summed E-state index contributed by atoms with van der Waals surface area (Å²) in [4.78, 5) is 14.4. The van der Waals surface area contributed by atoms with Gasteiger partial charge in [-0.25, -0.2) is 4.79 Å². The number of thiophene rings is 1. The first-order valence-electron chi connectivity index (χ1n) is 5.43. The van der Waals surface area contributed by atoms with Gasteiger partial charge in [-0.05, 0) is 24.3 Å². The van der Waals surface area contributed by atoms with Crippen molar-refractivity contribution in [1.29, 1.82) is 0 Å². The highest BCUT2D eigenvalue weighted by Gasteiger charge is 2.18. The van der Waals surface area contributed by atoms with E-state index in [0.29, 0.717) is 11.4 Å². The Bertz CT molecular complexity index is 578. The number of esters is 1. The first kappa shape index (κ1) is 13.1. The molecule has 0 aliphatic rings. The average Bonchev–Trinajstić information content (AvgIpc) is 3.03. The molecule has 0 atom stereocenters. The van der Waals surface area contributed by atoms with Crippen molar-refractivity contribution < 1.29 is 14.7 Å². The third-order valence-corrected chi connectivity index (χ3v) is 3.23. The van der Waals surface area contributed by atoms with Crippen molar-refractivity contribution in [1.82, 2.24) is 20.2 Å². The molecule has 0 amide bonds. The van der Waals surface area contributed by atoms with Gasteiger partial charge in [0.05, 0.1) is 18.0 Å². The number of rotatable bonds is 5. The van der Waals surface area contributed by atoms with Gasteiger partial charge < -0.3 is 9.94 Å². The second-order valence-corrected chi connectivity index (χ2v) is 4.57. The van der Waals surface area contributed by atoms with Crippen LogP contribution in [0.4, 0.5) is 0 Å². The smallest absolute Gasteiger partial charge is 0.361 e. The van der Waals surface area contributed by atoms with Crippen molar-refractivity contribution in [3.8, 4) is 0 Å². The van der Waals surface area contributed by atoms with Gasteiger partial charge in [0.25, 0.3) is 0 Å². The summed E-state index contributed by atoms with van der Waals surface area (Å²) < 4.78 is 4.80. The summed E-state index contributed by atoms with van der Waals surface area (Å²) in [6.45, 7) is 2.34. The van der Waals surface area contributed by atoms with Gasteiger partial charge in [-0.3, -0.25) is 0 Å². The molecule has 0 fully saturated rings. The summed E-state index contributed by atoms with van der Waals surface area (Å²) in [6.07, 6.45) is 1.34. The van der Waals surface area contributed by atoms with E-state index in [0.717, 1.165) is 4.88 Å². The molecule has 2 rings (SSSR count). The fourth-order valence-electron chi connectivity index (χ4n) is 1.38. The van der Waals surface area contributed by atoms with E-state index in [1.165, 1.54) is 22.5 Å². The molecule has 0 radical (unpaired) electrons. The standard InChI is InChI=1S/C10H11N5O3S/c1-2-18-10(16)9(13-17)8-4-3-7(19-8)5-15-12-6-11-14-15/h3-4,6,17H,2,5H2,1H3/b13-9-. The zero-order chi connectivity index (χ0) is 13.7. The predicted molar refractivity (Wildman–Crippen MR) is 66.2 cm³/mol. The van der Waals surface area contributed by atoms with Gasteiger partial charge in [0, 0.05) is 4.88 Å². The number of ether oxygens (including phenoxy) is 1. The van der Waals surface area contributed by atoms with Gasteiger partial charge in [0.1, 0.15) is 0 Å². The Labute approximate surface area is 112 Å². The molecule has 0 aliphatic heterocycles. The molecule has 0 saturated carbocycles. The molecule has 0 bridgehead atoms. The van der Waals surface area contributed by atoms with E-state index in [-0.39, 0.29) is 12.3 Å². The molecule has 19 heavy (non-hydrogen) atoms. The van der Waals surface area contributed by atoms with Crippen LogP contribution in [0.15, 0.2) is 23.6 Å². The minimum atomic E-state index is -0.655. The van der Waals surface area contributed by atoms with E-state index in [2.05, 4.69) is 20.6 Å². The summed E-state index contributed by atoms with van der Waals surface area (Å²) in [5.41, 5.74) is -0.107. The second kappa shape index (κ2) is 6.05. The molecular weight excluding hydrogens is 270 g/mol. The summed E-state index contributed by atoms with van der Waals surface area (Å²) >= 11 is 1.30. The minimum absolute atomic E-state index is 0.107. The molecule has 9 heteroatoms. The quantitative estimate of drug-likeness (QED) is 0.371. The Hall–Kier alpha value is -2.29. The molecule has 8 nitrogen and oxygen atoms in total. The molecule has 0 spiro atoms. The molecule has 0 saturated heterocycles. The fraction of sp³-hybridized carbons (Fsp3) is 0.300. The van der Waals surface area contributed by atoms with E-state index >= 15 is 0 Å². The number of nitrogens with zero attached hydrogens (tertiary/aromatic N) is 5. The third-order valence-electron chi connectivity index (χ3n) is 2.15. The largest absolute Gasteiger partial charge is 0.461 e. The average molecular weight is 281 g/mol. The van der Waals surface area contributed by atoms with Crippen LogP contribution in [-0.4, -0.2) is 43.7 Å². The summed E-state index contributed by atoms with van der Waals surface area (Å²) in [5.74, 6) is -0.655. The highest BCUT2D eigenvalue weighted by atomic mass is 32.1. The monoisotopic (exact) mass is 281 g/mol. The van der Waals surface area contributed by atoms with E-state index < -0.39 is 5.97 Å². The number of carbonyl (C=O) groups is 1. The van der Waals surface area contributed by atoms with Crippen molar-refractivity contribution in [3.63, 3.8) is 0 Å². The Balaban J connectivity index is 2.13. The molecule has 2 aromatic rings. The van der Waals surface area contributed by atoms with Crippen LogP contribution in [0.2, 0.25) is 0 Å². The molecule has 0 aliphatic carbocycles. The lowest BCUT2D eigenvalue weighted by Gasteiger charge is -2.01. The maximum Gasteiger partial charge on any atom is 0.361 e. The fourth-order valence-corrected chi connectivity index (χ4v) is 2.34. The summed E-state index contributed by atoms with van der Waals surface area (Å²) in [5, 5.41) is 23.1. The molecule has 100 valence electrons. The molecule has 2 heterocycles. The minimum Gasteiger partial charge on any atom is -0.461 e. The maximum absolute atomic E-state index is 11.6. The van der Waals surface area contributed by atoms with Crippen molar-refractivity contribution in [2.24, 2.45) is 5.16 Å². The summed E-state index contributed by atoms with van der Waals surface area (Å²) in [7, 11) is 0. The lowest BCUT2D eigenvalue weighted by molar-refractivity contribution is -0.135. The number of aromatic nitrogens is 4. The molecule has 0 aromatic carbocycles.